The summed E-state index contributed by atoms with van der Waals surface area (Å²) < 4.78 is 38.8. The molecule has 152 valence electrons. The first kappa shape index (κ1) is 20.3. The third-order valence-corrected chi connectivity index (χ3v) is 5.20. The van der Waals surface area contributed by atoms with Crippen LogP contribution < -0.4 is 10.9 Å². The second-order valence-electron chi connectivity index (χ2n) is 7.40. The number of aryl methyl sites for hydroxylation is 1. The van der Waals surface area contributed by atoms with Crippen molar-refractivity contribution in [3.63, 3.8) is 0 Å². The van der Waals surface area contributed by atoms with Crippen molar-refractivity contribution in [2.24, 2.45) is 5.92 Å². The van der Waals surface area contributed by atoms with Gasteiger partial charge in [0, 0.05) is 18.4 Å². The molecule has 0 spiro atoms. The van der Waals surface area contributed by atoms with E-state index in [0.717, 1.165) is 5.56 Å². The number of carbonyl (C=O) groups excluding carboxylic acids is 1. The zero-order valence-electron chi connectivity index (χ0n) is 15.8. The molecule has 3 heterocycles. The SMILES string of the molecule is Cc1ccc2ncc(C(=O)NC(C)C3CCN(CC(F)(F)F)CC3)c(=O)n2c1. The van der Waals surface area contributed by atoms with Crippen LogP contribution in [0.4, 0.5) is 13.2 Å². The molecule has 9 heteroatoms. The molecule has 1 unspecified atom stereocenters. The molecule has 0 aromatic carbocycles. The summed E-state index contributed by atoms with van der Waals surface area (Å²) in [4.78, 5) is 30.7. The van der Waals surface area contributed by atoms with Crippen molar-refractivity contribution in [3.05, 3.63) is 46.0 Å². The lowest BCUT2D eigenvalue weighted by Gasteiger charge is -2.35. The molecular formula is C19H23F3N4O2. The average molecular weight is 396 g/mol. The molecule has 28 heavy (non-hydrogen) atoms. The number of pyridine rings is 1. The van der Waals surface area contributed by atoms with Gasteiger partial charge in [0.2, 0.25) is 0 Å². The Morgan fingerprint density at radius 3 is 2.64 bits per heavy atom. The Morgan fingerprint density at radius 2 is 2.00 bits per heavy atom. The van der Waals surface area contributed by atoms with Crippen LogP contribution in [0.25, 0.3) is 5.65 Å². The van der Waals surface area contributed by atoms with Gasteiger partial charge in [0.1, 0.15) is 11.2 Å². The van der Waals surface area contributed by atoms with Crippen molar-refractivity contribution in [3.8, 4) is 0 Å². The van der Waals surface area contributed by atoms with Crippen molar-refractivity contribution in [2.45, 2.75) is 38.9 Å². The predicted octanol–water partition coefficient (Wildman–Crippen LogP) is 2.40. The topological polar surface area (TPSA) is 66.7 Å². The Morgan fingerprint density at radius 1 is 1.32 bits per heavy atom. The van der Waals surface area contributed by atoms with E-state index < -0.39 is 24.2 Å². The van der Waals surface area contributed by atoms with E-state index in [1.165, 1.54) is 15.5 Å². The van der Waals surface area contributed by atoms with Gasteiger partial charge in [0.25, 0.3) is 11.5 Å². The molecule has 6 nitrogen and oxygen atoms in total. The van der Waals surface area contributed by atoms with Gasteiger partial charge in [-0.1, -0.05) is 6.07 Å². The molecule has 2 aromatic rings. The van der Waals surface area contributed by atoms with Crippen LogP contribution in [0.15, 0.2) is 29.3 Å². The van der Waals surface area contributed by atoms with Gasteiger partial charge < -0.3 is 5.32 Å². The summed E-state index contributed by atoms with van der Waals surface area (Å²) in [5.74, 6) is -0.453. The van der Waals surface area contributed by atoms with E-state index in [1.807, 2.05) is 19.9 Å². The van der Waals surface area contributed by atoms with Crippen LogP contribution in [-0.4, -0.2) is 52.0 Å². The lowest BCUT2D eigenvalue weighted by Crippen LogP contribution is -2.46. The zero-order chi connectivity index (χ0) is 20.5. The van der Waals surface area contributed by atoms with Crippen molar-refractivity contribution in [1.82, 2.24) is 19.6 Å². The molecule has 0 saturated carbocycles. The molecule has 1 aliphatic heterocycles. The molecule has 1 atom stereocenters. The molecule has 0 radical (unpaired) electrons. The molecule has 1 saturated heterocycles. The second kappa shape index (κ2) is 7.90. The first-order valence-electron chi connectivity index (χ1n) is 9.22. The predicted molar refractivity (Wildman–Crippen MR) is 98.3 cm³/mol. The highest BCUT2D eigenvalue weighted by Gasteiger charge is 2.33. The van der Waals surface area contributed by atoms with Crippen LogP contribution >= 0.6 is 0 Å². The van der Waals surface area contributed by atoms with E-state index in [4.69, 9.17) is 0 Å². The number of hydrogen-bond acceptors (Lipinski definition) is 4. The van der Waals surface area contributed by atoms with Gasteiger partial charge >= 0.3 is 6.18 Å². The fourth-order valence-electron chi connectivity index (χ4n) is 3.61. The lowest BCUT2D eigenvalue weighted by molar-refractivity contribution is -0.148. The van der Waals surface area contributed by atoms with E-state index >= 15 is 0 Å². The average Bonchev–Trinajstić information content (AvgIpc) is 2.61. The van der Waals surface area contributed by atoms with Crippen molar-refractivity contribution in [2.75, 3.05) is 19.6 Å². The van der Waals surface area contributed by atoms with Crippen molar-refractivity contribution >= 4 is 11.6 Å². The summed E-state index contributed by atoms with van der Waals surface area (Å²) in [6.07, 6.45) is -0.185. The number of likely N-dealkylation sites (tertiary alicyclic amines) is 1. The Kier molecular flexibility index (Phi) is 5.74. The number of alkyl halides is 3. The molecule has 0 bridgehead atoms. The van der Waals surface area contributed by atoms with E-state index in [2.05, 4.69) is 10.3 Å². The van der Waals surface area contributed by atoms with Gasteiger partial charge in [-0.25, -0.2) is 4.98 Å². The number of aromatic nitrogens is 2. The largest absolute Gasteiger partial charge is 0.401 e. The summed E-state index contributed by atoms with van der Waals surface area (Å²) in [7, 11) is 0. The van der Waals surface area contributed by atoms with Crippen molar-refractivity contribution in [1.29, 1.82) is 0 Å². The van der Waals surface area contributed by atoms with Gasteiger partial charge in [0.15, 0.2) is 0 Å². The number of fused-ring (bicyclic) bond motifs is 1. The van der Waals surface area contributed by atoms with E-state index in [0.29, 0.717) is 31.6 Å². The first-order chi connectivity index (χ1) is 13.1. The second-order valence-corrected chi connectivity index (χ2v) is 7.40. The maximum atomic E-state index is 12.6. The minimum Gasteiger partial charge on any atom is -0.349 e. The Balaban J connectivity index is 1.64. The van der Waals surface area contributed by atoms with Gasteiger partial charge in [-0.15, -0.1) is 0 Å². The van der Waals surface area contributed by atoms with Crippen LogP contribution in [0.1, 0.15) is 35.7 Å². The van der Waals surface area contributed by atoms with E-state index in [1.54, 1.807) is 12.3 Å². The number of nitrogens with one attached hydrogen (secondary N) is 1. The van der Waals surface area contributed by atoms with Crippen LogP contribution in [-0.2, 0) is 0 Å². The first-order valence-corrected chi connectivity index (χ1v) is 9.22. The van der Waals surface area contributed by atoms with Crippen LogP contribution in [0.2, 0.25) is 0 Å². The Labute approximate surface area is 160 Å². The summed E-state index contributed by atoms with van der Waals surface area (Å²) in [5.41, 5.74) is 0.827. The van der Waals surface area contributed by atoms with Crippen molar-refractivity contribution < 1.29 is 18.0 Å². The normalized spacial score (nSPS) is 17.6. The Hall–Kier alpha value is -2.42. The van der Waals surface area contributed by atoms with E-state index in [9.17, 15) is 22.8 Å². The van der Waals surface area contributed by atoms with E-state index in [-0.39, 0.29) is 17.5 Å². The highest BCUT2D eigenvalue weighted by Crippen LogP contribution is 2.24. The highest BCUT2D eigenvalue weighted by atomic mass is 19.4. The summed E-state index contributed by atoms with van der Waals surface area (Å²) in [6, 6.07) is 3.28. The standard InChI is InChI=1S/C19H23F3N4O2/c1-12-3-4-16-23-9-15(18(28)26(16)10-12)17(27)24-13(2)14-5-7-25(8-6-14)11-19(20,21)22/h3-4,9-10,13-14H,5-8,11H2,1-2H3,(H,24,27). The smallest absolute Gasteiger partial charge is 0.349 e. The van der Waals surface area contributed by atoms with Gasteiger partial charge in [0.05, 0.1) is 6.54 Å². The monoisotopic (exact) mass is 396 g/mol. The third kappa shape index (κ3) is 4.70. The summed E-state index contributed by atoms with van der Waals surface area (Å²) >= 11 is 0. The number of rotatable bonds is 4. The third-order valence-electron chi connectivity index (χ3n) is 5.20. The fourth-order valence-corrected chi connectivity index (χ4v) is 3.61. The fraction of sp³-hybridized carbons (Fsp3) is 0.526. The molecule has 1 fully saturated rings. The number of carbonyl (C=O) groups is 1. The van der Waals surface area contributed by atoms with Gasteiger partial charge in [-0.3, -0.25) is 18.9 Å². The molecule has 2 aromatic heterocycles. The molecule has 3 rings (SSSR count). The Bertz CT molecular complexity index is 918. The molecule has 1 aliphatic rings. The van der Waals surface area contributed by atoms with Crippen LogP contribution in [0.5, 0.6) is 0 Å². The number of nitrogens with zero attached hydrogens (tertiary/aromatic N) is 3. The van der Waals surface area contributed by atoms with Crippen LogP contribution in [0.3, 0.4) is 0 Å². The quantitative estimate of drug-likeness (QED) is 0.862. The minimum absolute atomic E-state index is 0.0514. The molecule has 0 aliphatic carbocycles. The minimum atomic E-state index is -4.20. The molecule has 1 amide bonds. The number of amides is 1. The van der Waals surface area contributed by atoms with Crippen LogP contribution in [0, 0.1) is 12.8 Å². The summed E-state index contributed by atoms with van der Waals surface area (Å²) in [6.45, 7) is 3.43. The number of hydrogen-bond donors (Lipinski definition) is 1. The maximum Gasteiger partial charge on any atom is 0.401 e. The zero-order valence-corrected chi connectivity index (χ0v) is 15.8. The summed E-state index contributed by atoms with van der Waals surface area (Å²) in [5, 5.41) is 2.82. The number of piperidine rings is 1. The number of halogens is 3. The molecule has 1 N–H and O–H groups in total. The molecular weight excluding hydrogens is 373 g/mol. The lowest BCUT2D eigenvalue weighted by atomic mass is 9.90. The maximum absolute atomic E-state index is 12.6. The van der Waals surface area contributed by atoms with Gasteiger partial charge in [-0.05, 0) is 57.3 Å². The van der Waals surface area contributed by atoms with Gasteiger partial charge in [-0.2, -0.15) is 13.2 Å². The highest BCUT2D eigenvalue weighted by molar-refractivity contribution is 5.93.